The summed E-state index contributed by atoms with van der Waals surface area (Å²) in [4.78, 5) is 6.06. The summed E-state index contributed by atoms with van der Waals surface area (Å²) >= 11 is 3.68. The lowest BCUT2D eigenvalue weighted by Crippen LogP contribution is -2.11. The number of aromatic amines is 1. The second kappa shape index (κ2) is 9.65. The number of hydrogen-bond donors (Lipinski definition) is 1. The van der Waals surface area contributed by atoms with Crippen molar-refractivity contribution in [3.05, 3.63) is 150 Å². The molecule has 8 rings (SSSR count). The Kier molecular flexibility index (Phi) is 5.65. The fourth-order valence-corrected chi connectivity index (χ4v) is 6.62. The summed E-state index contributed by atoms with van der Waals surface area (Å²) in [5, 5.41) is 5.08. The smallest absolute Gasteiger partial charge is 0.0540 e. The average Bonchev–Trinajstić information content (AvgIpc) is 3.40. The van der Waals surface area contributed by atoms with Crippen LogP contribution < -0.4 is 4.90 Å². The Morgan fingerprint density at radius 2 is 1.05 bits per heavy atom. The molecule has 0 saturated heterocycles. The van der Waals surface area contributed by atoms with Crippen LogP contribution in [0.15, 0.2) is 150 Å². The van der Waals surface area contributed by atoms with Crippen LogP contribution in [0.2, 0.25) is 0 Å². The van der Waals surface area contributed by atoms with Gasteiger partial charge in [0, 0.05) is 43.2 Å². The van der Waals surface area contributed by atoms with Gasteiger partial charge < -0.3 is 9.88 Å². The molecule has 41 heavy (non-hydrogen) atoms. The summed E-state index contributed by atoms with van der Waals surface area (Å²) in [6, 6.07) is 52.2. The topological polar surface area (TPSA) is 19.0 Å². The van der Waals surface area contributed by atoms with E-state index in [4.69, 9.17) is 0 Å². The first-order valence-electron chi connectivity index (χ1n) is 13.8. The van der Waals surface area contributed by atoms with Crippen LogP contribution in [0.1, 0.15) is 0 Å². The third-order valence-electron chi connectivity index (χ3n) is 7.97. The SMILES string of the molecule is Brc1cc2ccc3cc(-c4ccccc4N(c4ccccc4)c4ccc(-c5ccccc5)cc4)cc4[nH]c(c1)c2c34. The highest BCUT2D eigenvalue weighted by atomic mass is 79.9. The zero-order valence-electron chi connectivity index (χ0n) is 22.2. The van der Waals surface area contributed by atoms with Gasteiger partial charge in [-0.2, -0.15) is 0 Å². The molecule has 194 valence electrons. The number of anilines is 3. The highest BCUT2D eigenvalue weighted by molar-refractivity contribution is 9.10. The quantitative estimate of drug-likeness (QED) is 0.198. The van der Waals surface area contributed by atoms with E-state index in [0.29, 0.717) is 0 Å². The number of rotatable bonds is 5. The summed E-state index contributed by atoms with van der Waals surface area (Å²) < 4.78 is 1.09. The van der Waals surface area contributed by atoms with Crippen molar-refractivity contribution < 1.29 is 0 Å². The minimum Gasteiger partial charge on any atom is -0.354 e. The Morgan fingerprint density at radius 1 is 0.463 bits per heavy atom. The molecule has 7 aromatic carbocycles. The Balaban J connectivity index is 1.31. The van der Waals surface area contributed by atoms with E-state index in [1.54, 1.807) is 0 Å². The van der Waals surface area contributed by atoms with Crippen molar-refractivity contribution in [1.29, 1.82) is 0 Å². The first kappa shape index (κ1) is 24.0. The Morgan fingerprint density at radius 3 is 1.80 bits per heavy atom. The van der Waals surface area contributed by atoms with Crippen molar-refractivity contribution >= 4 is 65.6 Å². The molecule has 0 radical (unpaired) electrons. The van der Waals surface area contributed by atoms with Crippen molar-refractivity contribution in [2.45, 2.75) is 0 Å². The molecule has 1 aromatic heterocycles. The van der Waals surface area contributed by atoms with Crippen molar-refractivity contribution in [2.75, 3.05) is 4.90 Å². The standard InChI is InChI=1S/C38H25BrN2/c39-30-22-28-16-15-27-21-29(23-34-37(27)38(28)35(24-30)40-34)33-13-7-8-14-36(33)41(31-11-5-2-6-12-31)32-19-17-26(18-20-32)25-9-3-1-4-10-25/h1-24,40H. The lowest BCUT2D eigenvalue weighted by molar-refractivity contribution is 1.28. The Labute approximate surface area is 247 Å². The second-order valence-corrected chi connectivity index (χ2v) is 11.4. The molecule has 0 atom stereocenters. The van der Waals surface area contributed by atoms with E-state index < -0.39 is 0 Å². The number of nitrogens with zero attached hydrogens (tertiary/aromatic N) is 1. The zero-order chi connectivity index (χ0) is 27.3. The van der Waals surface area contributed by atoms with Gasteiger partial charge in [-0.05, 0) is 82.1 Å². The monoisotopic (exact) mass is 588 g/mol. The van der Waals surface area contributed by atoms with Crippen LogP contribution in [0.5, 0.6) is 0 Å². The first-order chi connectivity index (χ1) is 20.2. The molecule has 0 saturated carbocycles. The molecule has 0 unspecified atom stereocenters. The van der Waals surface area contributed by atoms with Crippen molar-refractivity contribution in [3.63, 3.8) is 0 Å². The van der Waals surface area contributed by atoms with E-state index >= 15 is 0 Å². The van der Waals surface area contributed by atoms with Crippen LogP contribution in [0.25, 0.3) is 54.8 Å². The molecule has 2 nitrogen and oxygen atoms in total. The van der Waals surface area contributed by atoms with Crippen LogP contribution in [-0.2, 0) is 0 Å². The van der Waals surface area contributed by atoms with Gasteiger partial charge in [0.15, 0.2) is 0 Å². The third-order valence-corrected chi connectivity index (χ3v) is 8.43. The molecule has 0 aliphatic heterocycles. The molecule has 8 aromatic rings. The summed E-state index contributed by atoms with van der Waals surface area (Å²) in [6.45, 7) is 0. The lowest BCUT2D eigenvalue weighted by Gasteiger charge is -2.28. The normalized spacial score (nSPS) is 11.5. The van der Waals surface area contributed by atoms with Crippen LogP contribution in [0.4, 0.5) is 17.1 Å². The summed E-state index contributed by atoms with van der Waals surface area (Å²) in [6.07, 6.45) is 0. The lowest BCUT2D eigenvalue weighted by atomic mass is 9.96. The highest BCUT2D eigenvalue weighted by Gasteiger charge is 2.19. The van der Waals surface area contributed by atoms with Crippen LogP contribution in [0, 0.1) is 0 Å². The van der Waals surface area contributed by atoms with E-state index in [9.17, 15) is 0 Å². The van der Waals surface area contributed by atoms with Crippen LogP contribution in [-0.4, -0.2) is 4.98 Å². The fraction of sp³-hybridized carbons (Fsp3) is 0. The van der Waals surface area contributed by atoms with Gasteiger partial charge in [-0.15, -0.1) is 0 Å². The predicted octanol–water partition coefficient (Wildman–Crippen LogP) is 11.5. The van der Waals surface area contributed by atoms with Gasteiger partial charge in [0.1, 0.15) is 0 Å². The van der Waals surface area contributed by atoms with Gasteiger partial charge in [-0.25, -0.2) is 0 Å². The van der Waals surface area contributed by atoms with Crippen molar-refractivity contribution in [3.8, 4) is 22.3 Å². The largest absolute Gasteiger partial charge is 0.354 e. The van der Waals surface area contributed by atoms with Crippen molar-refractivity contribution in [2.24, 2.45) is 0 Å². The van der Waals surface area contributed by atoms with E-state index in [0.717, 1.165) is 32.6 Å². The molecule has 1 N–H and O–H groups in total. The molecular formula is C38H25BrN2. The van der Waals surface area contributed by atoms with Gasteiger partial charge in [0.05, 0.1) is 5.69 Å². The number of para-hydroxylation sites is 2. The van der Waals surface area contributed by atoms with Gasteiger partial charge >= 0.3 is 0 Å². The van der Waals surface area contributed by atoms with Gasteiger partial charge in [0.25, 0.3) is 0 Å². The molecule has 3 heteroatoms. The number of halogens is 1. The zero-order valence-corrected chi connectivity index (χ0v) is 23.8. The molecule has 1 heterocycles. The van der Waals surface area contributed by atoms with E-state index in [1.807, 2.05) is 0 Å². The average molecular weight is 590 g/mol. The molecule has 0 aliphatic rings. The first-order valence-corrected chi connectivity index (χ1v) is 14.6. The number of hydrogen-bond acceptors (Lipinski definition) is 1. The maximum absolute atomic E-state index is 3.70. The number of aromatic nitrogens is 1. The van der Waals surface area contributed by atoms with Crippen LogP contribution in [0.3, 0.4) is 0 Å². The molecule has 0 bridgehead atoms. The summed E-state index contributed by atoms with van der Waals surface area (Å²) in [5.41, 5.74) is 10.5. The second-order valence-electron chi connectivity index (χ2n) is 10.5. The highest BCUT2D eigenvalue weighted by Crippen LogP contribution is 2.44. The van der Waals surface area contributed by atoms with E-state index in [2.05, 4.69) is 171 Å². The van der Waals surface area contributed by atoms with Gasteiger partial charge in [0.2, 0.25) is 0 Å². The van der Waals surface area contributed by atoms with Crippen LogP contribution >= 0.6 is 15.9 Å². The maximum atomic E-state index is 3.70. The minimum absolute atomic E-state index is 1.09. The Hall–Kier alpha value is -4.86. The summed E-state index contributed by atoms with van der Waals surface area (Å²) in [7, 11) is 0. The van der Waals surface area contributed by atoms with Crippen molar-refractivity contribution in [1.82, 2.24) is 4.98 Å². The molecule has 0 amide bonds. The molecule has 0 aliphatic carbocycles. The van der Waals surface area contributed by atoms with E-state index in [1.165, 1.54) is 43.8 Å². The van der Waals surface area contributed by atoms with Gasteiger partial charge in [-0.1, -0.05) is 107 Å². The minimum atomic E-state index is 1.09. The van der Waals surface area contributed by atoms with E-state index in [-0.39, 0.29) is 0 Å². The molecule has 0 spiro atoms. The number of H-pyrrole nitrogens is 1. The van der Waals surface area contributed by atoms with Gasteiger partial charge in [-0.3, -0.25) is 0 Å². The predicted molar refractivity (Wildman–Crippen MR) is 178 cm³/mol. The number of benzene rings is 7. The number of nitrogens with one attached hydrogen (secondary N) is 1. The Bertz CT molecular complexity index is 2150. The third kappa shape index (κ3) is 4.09. The summed E-state index contributed by atoms with van der Waals surface area (Å²) in [5.74, 6) is 0. The molecule has 0 fully saturated rings. The molecular weight excluding hydrogens is 564 g/mol. The maximum Gasteiger partial charge on any atom is 0.0540 e. The fourth-order valence-electron chi connectivity index (χ4n) is 6.14.